The van der Waals surface area contributed by atoms with Crippen LogP contribution in [0.2, 0.25) is 0 Å². The molecule has 0 fully saturated rings. The monoisotopic (exact) mass is 293 g/mol. The van der Waals surface area contributed by atoms with Gasteiger partial charge in [0.1, 0.15) is 11.2 Å². The average Bonchev–Trinajstić information content (AvgIpc) is 2.49. The number of nitrogens with one attached hydrogen (secondary N) is 1. The van der Waals surface area contributed by atoms with Crippen molar-refractivity contribution in [2.24, 2.45) is 16.3 Å². The number of benzene rings is 1. The SMILES string of the molecule is CCOc1cccc(NC(=O)C(CC)(CC)C(N)=NO)c1. The summed E-state index contributed by atoms with van der Waals surface area (Å²) in [6.45, 7) is 6.10. The van der Waals surface area contributed by atoms with Crippen molar-refractivity contribution in [1.82, 2.24) is 0 Å². The zero-order valence-electron chi connectivity index (χ0n) is 12.7. The smallest absolute Gasteiger partial charge is 0.238 e. The molecule has 0 unspecified atom stereocenters. The van der Waals surface area contributed by atoms with Crippen LogP contribution in [-0.4, -0.2) is 23.6 Å². The van der Waals surface area contributed by atoms with Crippen LogP contribution in [0.1, 0.15) is 33.6 Å². The zero-order valence-corrected chi connectivity index (χ0v) is 12.7. The molecule has 0 bridgehead atoms. The number of anilines is 1. The topological polar surface area (TPSA) is 96.9 Å². The molecule has 21 heavy (non-hydrogen) atoms. The Labute approximate surface area is 125 Å². The second-order valence-corrected chi connectivity index (χ2v) is 4.69. The van der Waals surface area contributed by atoms with Crippen molar-refractivity contribution in [1.29, 1.82) is 0 Å². The molecule has 0 spiro atoms. The number of hydrogen-bond acceptors (Lipinski definition) is 4. The second kappa shape index (κ2) is 7.52. The predicted octanol–water partition coefficient (Wildman–Crippen LogP) is 2.58. The summed E-state index contributed by atoms with van der Waals surface area (Å²) < 4.78 is 5.40. The highest BCUT2D eigenvalue weighted by Gasteiger charge is 2.39. The molecule has 0 saturated heterocycles. The van der Waals surface area contributed by atoms with Gasteiger partial charge in [0, 0.05) is 11.8 Å². The number of oxime groups is 1. The number of nitrogens with zero attached hydrogens (tertiary/aromatic N) is 1. The third-order valence-electron chi connectivity index (χ3n) is 3.64. The third-order valence-corrected chi connectivity index (χ3v) is 3.64. The lowest BCUT2D eigenvalue weighted by atomic mass is 9.80. The Bertz CT molecular complexity index is 511. The van der Waals surface area contributed by atoms with Gasteiger partial charge in [-0.3, -0.25) is 4.79 Å². The maximum absolute atomic E-state index is 12.5. The first-order chi connectivity index (χ1) is 10.0. The van der Waals surface area contributed by atoms with Crippen molar-refractivity contribution in [3.8, 4) is 5.75 Å². The Morgan fingerprint density at radius 3 is 2.57 bits per heavy atom. The fourth-order valence-electron chi connectivity index (χ4n) is 2.23. The standard InChI is InChI=1S/C15H23N3O3/c1-4-15(5-2,13(16)18-20)14(19)17-11-8-7-9-12(10-11)21-6-3/h7-10,20H,4-6H2,1-3H3,(H2,16,18)(H,17,19). The van der Waals surface area contributed by atoms with Gasteiger partial charge in [-0.25, -0.2) is 0 Å². The summed E-state index contributed by atoms with van der Waals surface area (Å²) >= 11 is 0. The first-order valence-corrected chi connectivity index (χ1v) is 7.06. The van der Waals surface area contributed by atoms with Crippen LogP contribution in [-0.2, 0) is 4.79 Å². The van der Waals surface area contributed by atoms with E-state index in [9.17, 15) is 4.79 Å². The van der Waals surface area contributed by atoms with Crippen LogP contribution in [0.3, 0.4) is 0 Å². The molecule has 1 rings (SSSR count). The summed E-state index contributed by atoms with van der Waals surface area (Å²) in [5, 5.41) is 14.8. The number of carbonyl (C=O) groups excluding carboxylic acids is 1. The summed E-state index contributed by atoms with van der Waals surface area (Å²) in [5.74, 6) is 0.306. The second-order valence-electron chi connectivity index (χ2n) is 4.69. The summed E-state index contributed by atoms with van der Waals surface area (Å²) in [4.78, 5) is 12.5. The zero-order chi connectivity index (χ0) is 15.9. The lowest BCUT2D eigenvalue weighted by Gasteiger charge is -2.28. The van der Waals surface area contributed by atoms with E-state index in [1.54, 1.807) is 18.2 Å². The van der Waals surface area contributed by atoms with Gasteiger partial charge >= 0.3 is 0 Å². The molecule has 4 N–H and O–H groups in total. The van der Waals surface area contributed by atoms with Crippen LogP contribution >= 0.6 is 0 Å². The summed E-state index contributed by atoms with van der Waals surface area (Å²) in [6, 6.07) is 7.12. The number of rotatable bonds is 7. The summed E-state index contributed by atoms with van der Waals surface area (Å²) in [5.41, 5.74) is 5.32. The van der Waals surface area contributed by atoms with Gasteiger partial charge in [0.25, 0.3) is 0 Å². The highest BCUT2D eigenvalue weighted by molar-refractivity contribution is 6.11. The van der Waals surface area contributed by atoms with Gasteiger partial charge in [-0.05, 0) is 31.9 Å². The van der Waals surface area contributed by atoms with Crippen LogP contribution in [0, 0.1) is 5.41 Å². The van der Waals surface area contributed by atoms with Crippen LogP contribution in [0.15, 0.2) is 29.4 Å². The minimum Gasteiger partial charge on any atom is -0.494 e. The molecule has 0 aliphatic heterocycles. The summed E-state index contributed by atoms with van der Waals surface area (Å²) in [7, 11) is 0. The molecule has 0 heterocycles. The van der Waals surface area contributed by atoms with E-state index in [1.165, 1.54) is 0 Å². The molecule has 0 saturated carbocycles. The number of ether oxygens (including phenoxy) is 1. The molecule has 6 nitrogen and oxygen atoms in total. The minimum atomic E-state index is -1.02. The molecular weight excluding hydrogens is 270 g/mol. The van der Waals surface area contributed by atoms with E-state index in [0.717, 1.165) is 0 Å². The Balaban J connectivity index is 2.99. The van der Waals surface area contributed by atoms with Gasteiger partial charge in [-0.2, -0.15) is 0 Å². The number of amides is 1. The normalized spacial score (nSPS) is 12.0. The molecule has 6 heteroatoms. The molecule has 0 aliphatic carbocycles. The quantitative estimate of drug-likeness (QED) is 0.311. The maximum atomic E-state index is 12.5. The van der Waals surface area contributed by atoms with Gasteiger partial charge in [-0.1, -0.05) is 25.1 Å². The molecule has 0 aliphatic rings. The number of nitrogens with two attached hydrogens (primary N) is 1. The fourth-order valence-corrected chi connectivity index (χ4v) is 2.23. The largest absolute Gasteiger partial charge is 0.494 e. The summed E-state index contributed by atoms with van der Waals surface area (Å²) in [6.07, 6.45) is 0.882. The van der Waals surface area contributed by atoms with Crippen molar-refractivity contribution in [2.45, 2.75) is 33.6 Å². The van der Waals surface area contributed by atoms with Crippen LogP contribution in [0.25, 0.3) is 0 Å². The minimum absolute atomic E-state index is 0.0778. The predicted molar refractivity (Wildman–Crippen MR) is 82.7 cm³/mol. The van der Waals surface area contributed by atoms with Crippen molar-refractivity contribution in [3.05, 3.63) is 24.3 Å². The Hall–Kier alpha value is -2.24. The van der Waals surface area contributed by atoms with E-state index in [-0.39, 0.29) is 11.7 Å². The van der Waals surface area contributed by atoms with Gasteiger partial charge in [0.05, 0.1) is 6.61 Å². The van der Waals surface area contributed by atoms with Gasteiger partial charge in [0.15, 0.2) is 5.84 Å². The molecule has 1 aromatic rings. The fraction of sp³-hybridized carbons (Fsp3) is 0.467. The van der Waals surface area contributed by atoms with E-state index in [0.29, 0.717) is 30.9 Å². The molecule has 116 valence electrons. The number of amidine groups is 1. The molecule has 0 atom stereocenters. The van der Waals surface area contributed by atoms with E-state index in [1.807, 2.05) is 26.8 Å². The first kappa shape index (κ1) is 16.8. The van der Waals surface area contributed by atoms with E-state index in [4.69, 9.17) is 15.7 Å². The highest BCUT2D eigenvalue weighted by atomic mass is 16.5. The Kier molecular flexibility index (Phi) is 6.02. The maximum Gasteiger partial charge on any atom is 0.238 e. The average molecular weight is 293 g/mol. The molecule has 0 radical (unpaired) electrons. The lowest BCUT2D eigenvalue weighted by Crippen LogP contribution is -2.46. The van der Waals surface area contributed by atoms with Crippen molar-refractivity contribution in [3.63, 3.8) is 0 Å². The lowest BCUT2D eigenvalue weighted by molar-refractivity contribution is -0.122. The number of carbonyl (C=O) groups is 1. The Morgan fingerprint density at radius 2 is 2.05 bits per heavy atom. The molecular formula is C15H23N3O3. The van der Waals surface area contributed by atoms with Crippen molar-refractivity contribution in [2.75, 3.05) is 11.9 Å². The molecule has 1 amide bonds. The molecule has 1 aromatic carbocycles. The Morgan fingerprint density at radius 1 is 1.38 bits per heavy atom. The first-order valence-electron chi connectivity index (χ1n) is 7.06. The van der Waals surface area contributed by atoms with E-state index in [2.05, 4.69) is 10.5 Å². The van der Waals surface area contributed by atoms with Crippen molar-refractivity contribution >= 4 is 17.4 Å². The van der Waals surface area contributed by atoms with Crippen LogP contribution in [0.4, 0.5) is 5.69 Å². The van der Waals surface area contributed by atoms with E-state index < -0.39 is 5.41 Å². The van der Waals surface area contributed by atoms with Crippen LogP contribution in [0.5, 0.6) is 5.75 Å². The number of hydrogen-bond donors (Lipinski definition) is 3. The van der Waals surface area contributed by atoms with E-state index >= 15 is 0 Å². The third kappa shape index (κ3) is 3.65. The van der Waals surface area contributed by atoms with Gasteiger partial charge in [-0.15, -0.1) is 0 Å². The van der Waals surface area contributed by atoms with Crippen LogP contribution < -0.4 is 15.8 Å². The highest BCUT2D eigenvalue weighted by Crippen LogP contribution is 2.29. The van der Waals surface area contributed by atoms with Gasteiger partial charge in [0.2, 0.25) is 5.91 Å². The molecule has 0 aromatic heterocycles. The van der Waals surface area contributed by atoms with Crippen molar-refractivity contribution < 1.29 is 14.7 Å². The van der Waals surface area contributed by atoms with Gasteiger partial charge < -0.3 is 21.0 Å².